The van der Waals surface area contributed by atoms with Gasteiger partial charge in [-0.25, -0.2) is 4.98 Å². The number of nitrogens with zero attached hydrogens (tertiary/aromatic N) is 2. The van der Waals surface area contributed by atoms with Crippen molar-refractivity contribution < 1.29 is 0 Å². The first kappa shape index (κ1) is 14.9. The normalized spacial score (nSPS) is 18.4. The third-order valence-corrected chi connectivity index (χ3v) is 5.09. The van der Waals surface area contributed by atoms with E-state index in [0.29, 0.717) is 6.04 Å². The molecule has 1 aliphatic heterocycles. The van der Waals surface area contributed by atoms with Crippen LogP contribution in [0.1, 0.15) is 42.3 Å². The number of likely N-dealkylation sites (tertiary alicyclic amines) is 1. The van der Waals surface area contributed by atoms with E-state index in [1.165, 1.54) is 41.5 Å². The molecule has 0 aliphatic carbocycles. The van der Waals surface area contributed by atoms with E-state index in [1.54, 1.807) is 0 Å². The Balaban J connectivity index is 1.83. The molecule has 0 bridgehead atoms. The molecule has 1 saturated heterocycles. The molecule has 1 unspecified atom stereocenters. The van der Waals surface area contributed by atoms with Crippen molar-refractivity contribution in [3.63, 3.8) is 0 Å². The molecule has 0 amide bonds. The smallest absolute Gasteiger partial charge is 0.0900 e. The fourth-order valence-corrected chi connectivity index (χ4v) is 3.84. The van der Waals surface area contributed by atoms with Crippen molar-refractivity contribution in [2.24, 2.45) is 5.92 Å². The van der Waals surface area contributed by atoms with Crippen molar-refractivity contribution in [1.82, 2.24) is 15.2 Å². The molecule has 1 fully saturated rings. The summed E-state index contributed by atoms with van der Waals surface area (Å²) in [6, 6.07) is 0.678. The Bertz CT molecular complexity index is 394. The summed E-state index contributed by atoms with van der Waals surface area (Å²) in [5, 5.41) is 4.82. The van der Waals surface area contributed by atoms with Crippen LogP contribution in [0.4, 0.5) is 0 Å². The molecule has 0 radical (unpaired) electrons. The lowest BCUT2D eigenvalue weighted by Gasteiger charge is -2.31. The Morgan fingerprint density at radius 3 is 2.47 bits per heavy atom. The van der Waals surface area contributed by atoms with Gasteiger partial charge < -0.3 is 5.32 Å². The number of hydrogen-bond donors (Lipinski definition) is 1. The topological polar surface area (TPSA) is 28.2 Å². The Kier molecular flexibility index (Phi) is 5.37. The van der Waals surface area contributed by atoms with Crippen LogP contribution in [0.3, 0.4) is 0 Å². The summed E-state index contributed by atoms with van der Waals surface area (Å²) in [6.45, 7) is 13.5. The van der Waals surface area contributed by atoms with Gasteiger partial charge in [0.05, 0.1) is 10.7 Å². The Morgan fingerprint density at radius 1 is 1.26 bits per heavy atom. The van der Waals surface area contributed by atoms with Gasteiger partial charge in [0.2, 0.25) is 0 Å². The number of aryl methyl sites for hydroxylation is 2. The molecule has 1 aliphatic rings. The number of hydrogen-bond acceptors (Lipinski definition) is 4. The Hall–Kier alpha value is -0.450. The molecule has 1 N–H and O–H groups in total. The van der Waals surface area contributed by atoms with Gasteiger partial charge in [-0.3, -0.25) is 4.90 Å². The summed E-state index contributed by atoms with van der Waals surface area (Å²) in [7, 11) is 0. The second-order valence-electron chi connectivity index (χ2n) is 5.93. The van der Waals surface area contributed by atoms with E-state index in [-0.39, 0.29) is 0 Å². The SMILES string of the molecule is Cc1nc(C)c(CNCC(C(C)C)N2CCCC2)s1. The molecular weight excluding hydrogens is 254 g/mol. The van der Waals surface area contributed by atoms with Gasteiger partial charge in [-0.1, -0.05) is 13.8 Å². The van der Waals surface area contributed by atoms with Crippen molar-refractivity contribution in [1.29, 1.82) is 0 Å². The van der Waals surface area contributed by atoms with E-state index in [2.05, 4.69) is 42.9 Å². The van der Waals surface area contributed by atoms with Crippen LogP contribution < -0.4 is 5.32 Å². The molecule has 1 aromatic heterocycles. The second-order valence-corrected chi connectivity index (χ2v) is 7.21. The van der Waals surface area contributed by atoms with Gasteiger partial charge in [0.15, 0.2) is 0 Å². The van der Waals surface area contributed by atoms with Crippen LogP contribution in [0.25, 0.3) is 0 Å². The van der Waals surface area contributed by atoms with E-state index in [0.717, 1.165) is 19.0 Å². The monoisotopic (exact) mass is 281 g/mol. The van der Waals surface area contributed by atoms with Crippen LogP contribution >= 0.6 is 11.3 Å². The summed E-state index contributed by atoms with van der Waals surface area (Å²) in [6.07, 6.45) is 2.74. The summed E-state index contributed by atoms with van der Waals surface area (Å²) >= 11 is 1.82. The number of thiazole rings is 1. The molecule has 2 rings (SSSR count). The predicted octanol–water partition coefficient (Wildman–Crippen LogP) is 2.97. The maximum absolute atomic E-state index is 4.49. The minimum atomic E-state index is 0.678. The fourth-order valence-electron chi connectivity index (χ4n) is 2.93. The highest BCUT2D eigenvalue weighted by atomic mass is 32.1. The van der Waals surface area contributed by atoms with Crippen LogP contribution in [0.2, 0.25) is 0 Å². The molecule has 0 aromatic carbocycles. The standard InChI is InChI=1S/C15H27N3S/c1-11(2)14(18-7-5-6-8-18)9-16-10-15-12(3)17-13(4)19-15/h11,14,16H,5-10H2,1-4H3. The van der Waals surface area contributed by atoms with Gasteiger partial charge >= 0.3 is 0 Å². The van der Waals surface area contributed by atoms with E-state index in [9.17, 15) is 0 Å². The molecule has 1 atom stereocenters. The third-order valence-electron chi connectivity index (χ3n) is 4.02. The van der Waals surface area contributed by atoms with Crippen molar-refractivity contribution in [2.75, 3.05) is 19.6 Å². The molecule has 1 aromatic rings. The first-order valence-corrected chi connectivity index (χ1v) is 8.27. The zero-order valence-electron chi connectivity index (χ0n) is 12.7. The average molecular weight is 281 g/mol. The molecule has 2 heterocycles. The lowest BCUT2D eigenvalue weighted by atomic mass is 10.0. The average Bonchev–Trinajstić information content (AvgIpc) is 2.94. The zero-order chi connectivity index (χ0) is 13.8. The van der Waals surface area contributed by atoms with E-state index in [4.69, 9.17) is 0 Å². The van der Waals surface area contributed by atoms with Crippen LogP contribution in [0, 0.1) is 19.8 Å². The van der Waals surface area contributed by atoms with Gasteiger partial charge in [0.1, 0.15) is 0 Å². The van der Waals surface area contributed by atoms with Crippen molar-refractivity contribution in [3.8, 4) is 0 Å². The summed E-state index contributed by atoms with van der Waals surface area (Å²) in [5.41, 5.74) is 1.19. The van der Waals surface area contributed by atoms with Crippen LogP contribution in [-0.4, -0.2) is 35.6 Å². The van der Waals surface area contributed by atoms with Crippen molar-refractivity contribution in [3.05, 3.63) is 15.6 Å². The van der Waals surface area contributed by atoms with E-state index in [1.807, 2.05) is 11.3 Å². The van der Waals surface area contributed by atoms with E-state index < -0.39 is 0 Å². The second kappa shape index (κ2) is 6.82. The van der Waals surface area contributed by atoms with E-state index >= 15 is 0 Å². The number of aromatic nitrogens is 1. The number of rotatable bonds is 6. The van der Waals surface area contributed by atoms with Gasteiger partial charge in [-0.05, 0) is 45.7 Å². The minimum absolute atomic E-state index is 0.678. The van der Waals surface area contributed by atoms with Gasteiger partial charge in [-0.15, -0.1) is 11.3 Å². The van der Waals surface area contributed by atoms with Gasteiger partial charge in [-0.2, -0.15) is 0 Å². The quantitative estimate of drug-likeness (QED) is 0.869. The Morgan fingerprint density at radius 2 is 1.95 bits per heavy atom. The minimum Gasteiger partial charge on any atom is -0.310 e. The summed E-state index contributed by atoms with van der Waals surface area (Å²) in [4.78, 5) is 8.53. The maximum atomic E-state index is 4.49. The van der Waals surface area contributed by atoms with Crippen molar-refractivity contribution >= 4 is 11.3 Å². The summed E-state index contributed by atoms with van der Waals surface area (Å²) < 4.78 is 0. The third kappa shape index (κ3) is 4.01. The highest BCUT2D eigenvalue weighted by Crippen LogP contribution is 2.19. The molecule has 108 valence electrons. The largest absolute Gasteiger partial charge is 0.310 e. The summed E-state index contributed by atoms with van der Waals surface area (Å²) in [5.74, 6) is 0.717. The highest BCUT2D eigenvalue weighted by molar-refractivity contribution is 7.11. The molecule has 19 heavy (non-hydrogen) atoms. The highest BCUT2D eigenvalue weighted by Gasteiger charge is 2.24. The first-order chi connectivity index (χ1) is 9.08. The Labute approximate surface area is 121 Å². The van der Waals surface area contributed by atoms with Gasteiger partial charge in [0, 0.05) is 24.0 Å². The first-order valence-electron chi connectivity index (χ1n) is 7.45. The predicted molar refractivity (Wildman–Crippen MR) is 82.7 cm³/mol. The molecule has 3 nitrogen and oxygen atoms in total. The van der Waals surface area contributed by atoms with Crippen LogP contribution in [0.15, 0.2) is 0 Å². The van der Waals surface area contributed by atoms with Gasteiger partial charge in [0.25, 0.3) is 0 Å². The lowest BCUT2D eigenvalue weighted by Crippen LogP contribution is -2.44. The maximum Gasteiger partial charge on any atom is 0.0900 e. The number of nitrogens with one attached hydrogen (secondary N) is 1. The van der Waals surface area contributed by atoms with Crippen LogP contribution in [0.5, 0.6) is 0 Å². The molecule has 4 heteroatoms. The zero-order valence-corrected chi connectivity index (χ0v) is 13.5. The van der Waals surface area contributed by atoms with Crippen molar-refractivity contribution in [2.45, 2.75) is 53.1 Å². The molecular formula is C15H27N3S. The van der Waals surface area contributed by atoms with Crippen LogP contribution in [-0.2, 0) is 6.54 Å². The lowest BCUT2D eigenvalue weighted by molar-refractivity contribution is 0.186. The fraction of sp³-hybridized carbons (Fsp3) is 0.800. The molecule has 0 saturated carbocycles. The molecule has 0 spiro atoms.